The molecule has 0 aliphatic rings. The van der Waals surface area contributed by atoms with Crippen LogP contribution in [0.4, 0.5) is 4.39 Å². The fourth-order valence-corrected chi connectivity index (χ4v) is 1.82. The first-order chi connectivity index (χ1) is 6.98. The maximum absolute atomic E-state index is 12.6. The zero-order valence-electron chi connectivity index (χ0n) is 7.31. The SMILES string of the molecule is NS(=O)(=O)c1occc1-c1ccc(F)o1. The summed E-state index contributed by atoms with van der Waals surface area (Å²) in [4.78, 5) is 0. The molecule has 5 nitrogen and oxygen atoms in total. The maximum Gasteiger partial charge on any atom is 0.278 e. The number of hydrogen-bond donors (Lipinski definition) is 1. The lowest BCUT2D eigenvalue weighted by atomic mass is 10.3. The third kappa shape index (κ3) is 1.79. The number of nitrogens with two attached hydrogens (primary N) is 1. The van der Waals surface area contributed by atoms with Crippen LogP contribution in [0.1, 0.15) is 0 Å². The monoisotopic (exact) mass is 231 g/mol. The van der Waals surface area contributed by atoms with E-state index in [0.29, 0.717) is 0 Å². The van der Waals surface area contributed by atoms with E-state index in [1.54, 1.807) is 0 Å². The molecule has 0 saturated carbocycles. The fourth-order valence-electron chi connectivity index (χ4n) is 1.16. The number of rotatable bonds is 2. The number of halogens is 1. The Labute approximate surface area is 84.3 Å². The van der Waals surface area contributed by atoms with Crippen LogP contribution >= 0.6 is 0 Å². The van der Waals surface area contributed by atoms with Crippen molar-refractivity contribution in [3.63, 3.8) is 0 Å². The first kappa shape index (κ1) is 9.94. The topological polar surface area (TPSA) is 86.4 Å². The van der Waals surface area contributed by atoms with Gasteiger partial charge < -0.3 is 8.83 Å². The van der Waals surface area contributed by atoms with Gasteiger partial charge >= 0.3 is 0 Å². The molecule has 0 aliphatic carbocycles. The average molecular weight is 231 g/mol. The fraction of sp³-hybridized carbons (Fsp3) is 0. The van der Waals surface area contributed by atoms with Crippen LogP contribution in [-0.4, -0.2) is 8.42 Å². The van der Waals surface area contributed by atoms with Crippen molar-refractivity contribution in [2.45, 2.75) is 5.09 Å². The van der Waals surface area contributed by atoms with E-state index in [-0.39, 0.29) is 11.3 Å². The van der Waals surface area contributed by atoms with Gasteiger partial charge in [-0.1, -0.05) is 0 Å². The molecule has 0 unspecified atom stereocenters. The number of furan rings is 2. The minimum atomic E-state index is -3.98. The summed E-state index contributed by atoms with van der Waals surface area (Å²) in [6.45, 7) is 0. The molecule has 2 rings (SSSR count). The molecule has 0 bridgehead atoms. The zero-order valence-corrected chi connectivity index (χ0v) is 8.12. The average Bonchev–Trinajstić information content (AvgIpc) is 2.68. The summed E-state index contributed by atoms with van der Waals surface area (Å²) in [5.74, 6) is 0.0466. The van der Waals surface area contributed by atoms with Crippen LogP contribution in [0.5, 0.6) is 0 Å². The predicted molar refractivity (Wildman–Crippen MR) is 47.7 cm³/mol. The van der Waals surface area contributed by atoms with Crippen LogP contribution in [0.15, 0.2) is 38.4 Å². The van der Waals surface area contributed by atoms with Gasteiger partial charge in [-0.3, -0.25) is 0 Å². The van der Waals surface area contributed by atoms with E-state index in [1.807, 2.05) is 0 Å². The normalized spacial score (nSPS) is 11.9. The summed E-state index contributed by atoms with van der Waals surface area (Å²) >= 11 is 0. The summed E-state index contributed by atoms with van der Waals surface area (Å²) in [6, 6.07) is 2.87. The van der Waals surface area contributed by atoms with E-state index in [4.69, 9.17) is 9.56 Å². The van der Waals surface area contributed by atoms with Gasteiger partial charge in [-0.15, -0.1) is 0 Å². The smallest absolute Gasteiger partial charge is 0.278 e. The van der Waals surface area contributed by atoms with Crippen molar-refractivity contribution in [2.75, 3.05) is 0 Å². The zero-order chi connectivity index (χ0) is 11.1. The third-order valence-electron chi connectivity index (χ3n) is 1.73. The van der Waals surface area contributed by atoms with E-state index < -0.39 is 21.1 Å². The molecule has 2 heterocycles. The Balaban J connectivity index is 2.60. The first-order valence-electron chi connectivity index (χ1n) is 3.84. The first-order valence-corrected chi connectivity index (χ1v) is 5.39. The van der Waals surface area contributed by atoms with Gasteiger partial charge in [-0.05, 0) is 12.1 Å². The highest BCUT2D eigenvalue weighted by Crippen LogP contribution is 2.28. The Morgan fingerprint density at radius 3 is 2.53 bits per heavy atom. The van der Waals surface area contributed by atoms with E-state index in [2.05, 4.69) is 4.42 Å². The lowest BCUT2D eigenvalue weighted by Crippen LogP contribution is -2.11. The quantitative estimate of drug-likeness (QED) is 0.844. The van der Waals surface area contributed by atoms with E-state index in [1.165, 1.54) is 12.1 Å². The summed E-state index contributed by atoms with van der Waals surface area (Å²) in [5, 5.41) is 4.44. The van der Waals surface area contributed by atoms with Crippen molar-refractivity contribution in [3.05, 3.63) is 30.5 Å². The highest BCUT2D eigenvalue weighted by molar-refractivity contribution is 7.89. The van der Waals surface area contributed by atoms with Crippen LogP contribution in [0, 0.1) is 6.01 Å². The Hall–Kier alpha value is -1.60. The predicted octanol–water partition coefficient (Wildman–Crippen LogP) is 1.33. The Morgan fingerprint density at radius 1 is 1.27 bits per heavy atom. The number of sulfonamides is 1. The van der Waals surface area contributed by atoms with Crippen molar-refractivity contribution >= 4 is 10.0 Å². The molecular weight excluding hydrogens is 225 g/mol. The lowest BCUT2D eigenvalue weighted by Gasteiger charge is -1.95. The van der Waals surface area contributed by atoms with Crippen LogP contribution < -0.4 is 5.14 Å². The minimum absolute atomic E-state index is 0.0466. The van der Waals surface area contributed by atoms with Crippen LogP contribution in [0.3, 0.4) is 0 Å². The lowest BCUT2D eigenvalue weighted by molar-refractivity contribution is 0.365. The van der Waals surface area contributed by atoms with Gasteiger partial charge in [-0.25, -0.2) is 13.6 Å². The van der Waals surface area contributed by atoms with Crippen molar-refractivity contribution in [1.82, 2.24) is 0 Å². The van der Waals surface area contributed by atoms with Gasteiger partial charge in [-0.2, -0.15) is 4.39 Å². The molecular formula is C8H6FNO4S. The Morgan fingerprint density at radius 2 is 2.00 bits per heavy atom. The molecule has 80 valence electrons. The molecule has 2 aromatic heterocycles. The summed E-state index contributed by atoms with van der Waals surface area (Å²) < 4.78 is 44.0. The number of primary sulfonamides is 1. The van der Waals surface area contributed by atoms with Gasteiger partial charge in [0.1, 0.15) is 5.76 Å². The van der Waals surface area contributed by atoms with Gasteiger partial charge in [0.15, 0.2) is 0 Å². The molecule has 2 aromatic rings. The van der Waals surface area contributed by atoms with E-state index in [9.17, 15) is 12.8 Å². The van der Waals surface area contributed by atoms with E-state index in [0.717, 1.165) is 12.3 Å². The minimum Gasteiger partial charge on any atom is -0.451 e. The summed E-state index contributed by atoms with van der Waals surface area (Å²) in [5.41, 5.74) is 0.0985. The summed E-state index contributed by atoms with van der Waals surface area (Å²) in [6.07, 6.45) is 1.13. The molecule has 0 amide bonds. The van der Waals surface area contributed by atoms with Crippen LogP contribution in [0.2, 0.25) is 0 Å². The highest BCUT2D eigenvalue weighted by atomic mass is 32.2. The van der Waals surface area contributed by atoms with Gasteiger partial charge in [0.2, 0.25) is 5.09 Å². The van der Waals surface area contributed by atoms with Crippen molar-refractivity contribution < 1.29 is 21.6 Å². The maximum atomic E-state index is 12.6. The van der Waals surface area contributed by atoms with Crippen molar-refractivity contribution in [1.29, 1.82) is 0 Å². The second kappa shape index (κ2) is 3.21. The molecule has 0 atom stereocenters. The molecule has 0 aromatic carbocycles. The van der Waals surface area contributed by atoms with E-state index >= 15 is 0 Å². The standard InChI is InChI=1S/C8H6FNO4S/c9-7-2-1-6(14-7)5-3-4-13-8(5)15(10,11)12/h1-4H,(H2,10,11,12). The van der Waals surface area contributed by atoms with Gasteiger partial charge in [0, 0.05) is 6.07 Å². The Bertz CT molecular complexity index is 583. The molecule has 0 spiro atoms. The Kier molecular flexibility index (Phi) is 2.13. The molecule has 7 heteroatoms. The summed E-state index contributed by atoms with van der Waals surface area (Å²) in [7, 11) is -3.98. The van der Waals surface area contributed by atoms with Gasteiger partial charge in [0.25, 0.3) is 16.0 Å². The molecule has 0 saturated heterocycles. The van der Waals surface area contributed by atoms with Crippen LogP contribution in [-0.2, 0) is 10.0 Å². The second-order valence-electron chi connectivity index (χ2n) is 2.77. The molecule has 0 radical (unpaired) electrons. The second-order valence-corrected chi connectivity index (χ2v) is 4.23. The van der Waals surface area contributed by atoms with Crippen molar-refractivity contribution in [3.8, 4) is 11.3 Å². The van der Waals surface area contributed by atoms with Crippen LogP contribution in [0.25, 0.3) is 11.3 Å². The number of hydrogen-bond acceptors (Lipinski definition) is 4. The third-order valence-corrected chi connectivity index (χ3v) is 2.56. The molecule has 0 fully saturated rings. The van der Waals surface area contributed by atoms with Gasteiger partial charge in [0.05, 0.1) is 11.8 Å². The van der Waals surface area contributed by atoms with Crippen molar-refractivity contribution in [2.24, 2.45) is 5.14 Å². The highest BCUT2D eigenvalue weighted by Gasteiger charge is 2.21. The molecule has 15 heavy (non-hydrogen) atoms. The molecule has 0 aliphatic heterocycles. The molecule has 2 N–H and O–H groups in total. The largest absolute Gasteiger partial charge is 0.451 e.